The Labute approximate surface area is 155 Å². The van der Waals surface area contributed by atoms with Crippen molar-refractivity contribution in [2.24, 2.45) is 10.7 Å². The summed E-state index contributed by atoms with van der Waals surface area (Å²) in [5, 5.41) is 2.83. The van der Waals surface area contributed by atoms with Crippen LogP contribution in [0.2, 0.25) is 0 Å². The van der Waals surface area contributed by atoms with Gasteiger partial charge in [0.05, 0.1) is 5.69 Å². The van der Waals surface area contributed by atoms with Crippen molar-refractivity contribution in [3.05, 3.63) is 53.9 Å². The fourth-order valence-corrected chi connectivity index (χ4v) is 2.90. The number of hydrogen-bond acceptors (Lipinski definition) is 2. The summed E-state index contributed by atoms with van der Waals surface area (Å²) in [5.74, 6) is 0.417. The maximum atomic E-state index is 5.83. The third-order valence-electron chi connectivity index (χ3n) is 3.80. The molecule has 3 nitrogen and oxygen atoms in total. The minimum Gasteiger partial charge on any atom is -0.383 e. The van der Waals surface area contributed by atoms with Gasteiger partial charge in [-0.2, -0.15) is 0 Å². The molecule has 25 heavy (non-hydrogen) atoms. The number of terminal acetylenes is 1. The minimum absolute atomic E-state index is 0.417. The van der Waals surface area contributed by atoms with Crippen molar-refractivity contribution in [3.63, 3.8) is 0 Å². The number of aromatic amines is 1. The van der Waals surface area contributed by atoms with Gasteiger partial charge in [0.15, 0.2) is 0 Å². The van der Waals surface area contributed by atoms with Gasteiger partial charge in [-0.3, -0.25) is 0 Å². The fourth-order valence-electron chi connectivity index (χ4n) is 2.53. The van der Waals surface area contributed by atoms with E-state index in [1.807, 2.05) is 30.5 Å². The number of aromatic nitrogens is 1. The van der Waals surface area contributed by atoms with E-state index in [0.29, 0.717) is 10.7 Å². The third-order valence-corrected chi connectivity index (χ3v) is 4.46. The van der Waals surface area contributed by atoms with Crippen LogP contribution in [0, 0.1) is 12.8 Å². The van der Waals surface area contributed by atoms with Crippen LogP contribution in [0.1, 0.15) is 38.5 Å². The van der Waals surface area contributed by atoms with Gasteiger partial charge in [-0.25, -0.2) is 4.99 Å². The molecule has 1 saturated carbocycles. The zero-order valence-corrected chi connectivity index (χ0v) is 15.5. The molecule has 0 atom stereocenters. The molecule has 1 aliphatic rings. The Morgan fingerprint density at radius 2 is 1.72 bits per heavy atom. The molecule has 0 unspecified atom stereocenters. The monoisotopic (exact) mass is 353 g/mol. The lowest BCUT2D eigenvalue weighted by molar-refractivity contribution is 0.504. The lowest BCUT2D eigenvalue weighted by Crippen LogP contribution is -2.11. The summed E-state index contributed by atoms with van der Waals surface area (Å²) >= 11 is 1.37. The standard InChI is InChI=1S/C13H13N3S.C6H12.C2H2/c1-3-17-9(2)13(14)16-11-5-4-10-6-7-15-12(10)8-11;1-2-4-6-5-3-1;1-2/h3-8,15H,1-2H2,(H2,14,16);1-6H2;1-2H. The van der Waals surface area contributed by atoms with Gasteiger partial charge in [0.2, 0.25) is 0 Å². The van der Waals surface area contributed by atoms with Gasteiger partial charge in [0.25, 0.3) is 0 Å². The van der Waals surface area contributed by atoms with E-state index in [-0.39, 0.29) is 0 Å². The number of nitrogens with two attached hydrogens (primary N) is 1. The van der Waals surface area contributed by atoms with Crippen molar-refractivity contribution in [1.29, 1.82) is 0 Å². The highest BCUT2D eigenvalue weighted by Crippen LogP contribution is 2.22. The maximum absolute atomic E-state index is 5.83. The normalized spacial score (nSPS) is 13.8. The number of hydrogen-bond donors (Lipinski definition) is 2. The topological polar surface area (TPSA) is 54.2 Å². The highest BCUT2D eigenvalue weighted by molar-refractivity contribution is 8.06. The first-order valence-electron chi connectivity index (χ1n) is 8.42. The molecule has 2 aromatic rings. The zero-order chi connectivity index (χ0) is 18.5. The molecule has 0 aliphatic heterocycles. The molecule has 132 valence electrons. The number of nitrogens with zero attached hydrogens (tertiary/aromatic N) is 1. The van der Waals surface area contributed by atoms with E-state index in [2.05, 4.69) is 36.0 Å². The number of H-pyrrole nitrogens is 1. The first kappa shape index (κ1) is 20.7. The summed E-state index contributed by atoms with van der Waals surface area (Å²) in [6, 6.07) is 7.89. The molecular formula is C21H27N3S. The molecule has 1 fully saturated rings. The predicted molar refractivity (Wildman–Crippen MR) is 114 cm³/mol. The van der Waals surface area contributed by atoms with Crippen LogP contribution in [0.5, 0.6) is 0 Å². The largest absolute Gasteiger partial charge is 0.383 e. The van der Waals surface area contributed by atoms with Gasteiger partial charge in [-0.15, -0.1) is 12.8 Å². The summed E-state index contributed by atoms with van der Waals surface area (Å²) in [4.78, 5) is 8.15. The summed E-state index contributed by atoms with van der Waals surface area (Å²) < 4.78 is 0. The van der Waals surface area contributed by atoms with Gasteiger partial charge in [-0.1, -0.05) is 69.5 Å². The van der Waals surface area contributed by atoms with Crippen molar-refractivity contribution in [3.8, 4) is 12.8 Å². The Morgan fingerprint density at radius 1 is 1.12 bits per heavy atom. The van der Waals surface area contributed by atoms with Crippen LogP contribution in [0.15, 0.2) is 58.9 Å². The number of amidine groups is 1. The SMILES string of the molecule is C#C.C1CCCCC1.C=CSC(=C)C(N)=Nc1ccc2cc[nH]c2c1. The van der Waals surface area contributed by atoms with Crippen molar-refractivity contribution < 1.29 is 0 Å². The number of aliphatic imine (C=N–C) groups is 1. The molecule has 0 saturated heterocycles. The van der Waals surface area contributed by atoms with Gasteiger partial charge >= 0.3 is 0 Å². The summed E-state index contributed by atoms with van der Waals surface area (Å²) in [6.45, 7) is 7.43. The Balaban J connectivity index is 0.000000326. The Kier molecular flexibility index (Phi) is 9.96. The van der Waals surface area contributed by atoms with Crippen LogP contribution in [0.4, 0.5) is 5.69 Å². The molecule has 1 heterocycles. The number of thioether (sulfide) groups is 1. The first-order valence-corrected chi connectivity index (χ1v) is 9.30. The van der Waals surface area contributed by atoms with Gasteiger partial charge in [0.1, 0.15) is 5.84 Å². The highest BCUT2D eigenvalue weighted by Gasteiger charge is 2.00. The van der Waals surface area contributed by atoms with Gasteiger partial charge in [0, 0.05) is 16.6 Å². The van der Waals surface area contributed by atoms with Crippen LogP contribution < -0.4 is 5.73 Å². The van der Waals surface area contributed by atoms with Crippen LogP contribution in [0.25, 0.3) is 10.9 Å². The maximum Gasteiger partial charge on any atom is 0.137 e. The van der Waals surface area contributed by atoms with Crippen molar-refractivity contribution in [2.45, 2.75) is 38.5 Å². The van der Waals surface area contributed by atoms with Crippen molar-refractivity contribution in [2.75, 3.05) is 0 Å². The second kappa shape index (κ2) is 12.0. The van der Waals surface area contributed by atoms with Crippen LogP contribution in [-0.4, -0.2) is 10.8 Å². The smallest absolute Gasteiger partial charge is 0.137 e. The highest BCUT2D eigenvalue weighted by atomic mass is 32.2. The van der Waals surface area contributed by atoms with E-state index >= 15 is 0 Å². The summed E-state index contributed by atoms with van der Waals surface area (Å²) in [5.41, 5.74) is 7.68. The van der Waals surface area contributed by atoms with Crippen LogP contribution in [0.3, 0.4) is 0 Å². The fraction of sp³-hybridized carbons (Fsp3) is 0.286. The number of nitrogens with one attached hydrogen (secondary N) is 1. The average Bonchev–Trinajstić information content (AvgIpc) is 3.13. The quantitative estimate of drug-likeness (QED) is 0.394. The molecule has 0 amide bonds. The molecule has 3 N–H and O–H groups in total. The molecular weight excluding hydrogens is 326 g/mol. The van der Waals surface area contributed by atoms with E-state index in [9.17, 15) is 0 Å². The van der Waals surface area contributed by atoms with Crippen LogP contribution in [-0.2, 0) is 0 Å². The minimum atomic E-state index is 0.417. The summed E-state index contributed by atoms with van der Waals surface area (Å²) in [7, 11) is 0. The molecule has 4 heteroatoms. The van der Waals surface area contributed by atoms with E-state index in [0.717, 1.165) is 16.6 Å². The Hall–Kier alpha value is -2.38. The van der Waals surface area contributed by atoms with E-state index in [1.54, 1.807) is 5.41 Å². The first-order chi connectivity index (χ1) is 12.2. The van der Waals surface area contributed by atoms with Crippen molar-refractivity contribution >= 4 is 34.2 Å². The number of benzene rings is 1. The average molecular weight is 354 g/mol. The Morgan fingerprint density at radius 3 is 2.28 bits per heavy atom. The second-order valence-corrected chi connectivity index (χ2v) is 6.64. The lowest BCUT2D eigenvalue weighted by atomic mass is 10.0. The van der Waals surface area contributed by atoms with Gasteiger partial charge < -0.3 is 10.7 Å². The molecule has 3 rings (SSSR count). The Bertz CT molecular complexity index is 709. The molecule has 1 aromatic carbocycles. The van der Waals surface area contributed by atoms with E-state index in [4.69, 9.17) is 5.73 Å². The number of rotatable bonds is 4. The molecule has 0 spiro atoms. The third kappa shape index (κ3) is 7.36. The number of fused-ring (bicyclic) bond motifs is 1. The van der Waals surface area contributed by atoms with Crippen molar-refractivity contribution in [1.82, 2.24) is 4.98 Å². The van der Waals surface area contributed by atoms with Crippen LogP contribution >= 0.6 is 11.8 Å². The zero-order valence-electron chi connectivity index (χ0n) is 14.7. The summed E-state index contributed by atoms with van der Waals surface area (Å²) in [6.07, 6.45) is 18.9. The molecule has 0 bridgehead atoms. The lowest BCUT2D eigenvalue weighted by Gasteiger charge is -2.05. The van der Waals surface area contributed by atoms with Gasteiger partial charge in [-0.05, 0) is 29.0 Å². The molecule has 1 aromatic heterocycles. The molecule has 1 aliphatic carbocycles. The van der Waals surface area contributed by atoms with E-state index < -0.39 is 0 Å². The second-order valence-electron chi connectivity index (χ2n) is 5.58. The van der Waals surface area contributed by atoms with E-state index in [1.165, 1.54) is 50.3 Å². The molecule has 0 radical (unpaired) electrons. The predicted octanol–water partition coefficient (Wildman–Crippen LogP) is 6.14.